The summed E-state index contributed by atoms with van der Waals surface area (Å²) in [5.41, 5.74) is 0.494. The van der Waals surface area contributed by atoms with Crippen molar-refractivity contribution in [2.75, 3.05) is 18.8 Å². The Labute approximate surface area is 137 Å². The molecular weight excluding hydrogens is 316 g/mol. The van der Waals surface area contributed by atoms with Gasteiger partial charge in [0.05, 0.1) is 17.5 Å². The van der Waals surface area contributed by atoms with Gasteiger partial charge in [0, 0.05) is 32.4 Å². The van der Waals surface area contributed by atoms with Crippen LogP contribution in [-0.2, 0) is 17.1 Å². The van der Waals surface area contributed by atoms with E-state index in [1.165, 1.54) is 19.0 Å². The van der Waals surface area contributed by atoms with E-state index in [2.05, 4.69) is 10.4 Å². The molecule has 1 unspecified atom stereocenters. The molecule has 1 aromatic rings. The molecule has 8 heteroatoms. The molecule has 1 saturated heterocycles. The third-order valence-electron chi connectivity index (χ3n) is 4.63. The van der Waals surface area contributed by atoms with Crippen molar-refractivity contribution >= 4 is 15.9 Å². The van der Waals surface area contributed by atoms with Crippen LogP contribution in [0.5, 0.6) is 0 Å². The monoisotopic (exact) mass is 340 g/mol. The van der Waals surface area contributed by atoms with Gasteiger partial charge in [-0.3, -0.25) is 9.48 Å². The fraction of sp³-hybridized carbons (Fsp3) is 0.733. The molecule has 2 aliphatic rings. The van der Waals surface area contributed by atoms with Gasteiger partial charge in [0.2, 0.25) is 10.0 Å². The predicted molar refractivity (Wildman–Crippen MR) is 86.4 cm³/mol. The number of nitrogens with one attached hydrogen (secondary N) is 1. The summed E-state index contributed by atoms with van der Waals surface area (Å²) >= 11 is 0. The smallest absolute Gasteiger partial charge is 0.254 e. The Morgan fingerprint density at radius 1 is 1.39 bits per heavy atom. The summed E-state index contributed by atoms with van der Waals surface area (Å²) in [6, 6.07) is -0.125. The third kappa shape index (κ3) is 4.11. The number of aromatic nitrogens is 2. The molecule has 3 rings (SSSR count). The van der Waals surface area contributed by atoms with Crippen LogP contribution in [0.2, 0.25) is 0 Å². The summed E-state index contributed by atoms with van der Waals surface area (Å²) in [7, 11) is -1.46. The minimum Gasteiger partial charge on any atom is -0.350 e. The van der Waals surface area contributed by atoms with Crippen LogP contribution in [0.15, 0.2) is 12.4 Å². The highest BCUT2D eigenvalue weighted by molar-refractivity contribution is 7.89. The van der Waals surface area contributed by atoms with Crippen molar-refractivity contribution < 1.29 is 13.2 Å². The van der Waals surface area contributed by atoms with Crippen LogP contribution in [0.3, 0.4) is 0 Å². The predicted octanol–water partition coefficient (Wildman–Crippen LogP) is 0.744. The topological polar surface area (TPSA) is 84.3 Å². The van der Waals surface area contributed by atoms with Crippen LogP contribution in [-0.4, -0.2) is 53.3 Å². The summed E-state index contributed by atoms with van der Waals surface area (Å²) in [6.07, 6.45) is 7.92. The Morgan fingerprint density at radius 3 is 2.83 bits per heavy atom. The number of hydrogen-bond donors (Lipinski definition) is 1. The first-order valence-corrected chi connectivity index (χ1v) is 9.83. The first-order chi connectivity index (χ1) is 11.0. The number of rotatable bonds is 7. The molecule has 0 radical (unpaired) electrons. The SMILES string of the molecule is Cn1cc(C(=O)NCC2CCCN2S(=O)(=O)CCC2CC2)cn1. The Hall–Kier alpha value is -1.41. The van der Waals surface area contributed by atoms with Crippen LogP contribution < -0.4 is 5.32 Å². The van der Waals surface area contributed by atoms with E-state index in [4.69, 9.17) is 0 Å². The summed E-state index contributed by atoms with van der Waals surface area (Å²) in [4.78, 5) is 12.1. The number of aryl methyl sites for hydroxylation is 1. The molecule has 1 aromatic heterocycles. The molecular formula is C15H24N4O3S. The maximum atomic E-state index is 12.5. The Kier molecular flexibility index (Phi) is 4.72. The van der Waals surface area contributed by atoms with Crippen molar-refractivity contribution in [1.29, 1.82) is 0 Å². The van der Waals surface area contributed by atoms with Crippen molar-refractivity contribution in [1.82, 2.24) is 19.4 Å². The third-order valence-corrected chi connectivity index (χ3v) is 6.57. The first-order valence-electron chi connectivity index (χ1n) is 8.22. The Bertz CT molecular complexity index is 666. The molecule has 2 fully saturated rings. The van der Waals surface area contributed by atoms with Gasteiger partial charge in [0.25, 0.3) is 5.91 Å². The van der Waals surface area contributed by atoms with E-state index in [0.717, 1.165) is 19.3 Å². The van der Waals surface area contributed by atoms with Crippen LogP contribution in [0.1, 0.15) is 42.5 Å². The lowest BCUT2D eigenvalue weighted by Crippen LogP contribution is -2.44. The fourth-order valence-corrected chi connectivity index (χ4v) is 4.98. The summed E-state index contributed by atoms with van der Waals surface area (Å²) in [5, 5.41) is 6.80. The summed E-state index contributed by atoms with van der Waals surface area (Å²) in [6.45, 7) is 0.927. The maximum Gasteiger partial charge on any atom is 0.254 e. The number of carbonyl (C=O) groups excluding carboxylic acids is 1. The highest BCUT2D eigenvalue weighted by atomic mass is 32.2. The molecule has 0 aromatic carbocycles. The van der Waals surface area contributed by atoms with E-state index in [1.54, 1.807) is 22.2 Å². The fourth-order valence-electron chi connectivity index (χ4n) is 3.07. The van der Waals surface area contributed by atoms with Gasteiger partial charge in [0.1, 0.15) is 0 Å². The Morgan fingerprint density at radius 2 is 2.17 bits per heavy atom. The van der Waals surface area contributed by atoms with Gasteiger partial charge in [-0.15, -0.1) is 0 Å². The van der Waals surface area contributed by atoms with E-state index in [9.17, 15) is 13.2 Å². The number of amides is 1. The lowest BCUT2D eigenvalue weighted by atomic mass is 10.2. The normalized spacial score (nSPS) is 22.4. The van der Waals surface area contributed by atoms with E-state index < -0.39 is 10.0 Å². The lowest BCUT2D eigenvalue weighted by molar-refractivity contribution is 0.0946. The quantitative estimate of drug-likeness (QED) is 0.794. The molecule has 1 N–H and O–H groups in total. The van der Waals surface area contributed by atoms with Crippen LogP contribution >= 0.6 is 0 Å². The van der Waals surface area contributed by atoms with Gasteiger partial charge >= 0.3 is 0 Å². The second-order valence-corrected chi connectivity index (χ2v) is 8.61. The maximum absolute atomic E-state index is 12.5. The zero-order valence-corrected chi connectivity index (χ0v) is 14.3. The highest BCUT2D eigenvalue weighted by Gasteiger charge is 2.35. The van der Waals surface area contributed by atoms with Gasteiger partial charge in [-0.05, 0) is 25.2 Å². The average Bonchev–Trinajstić information content (AvgIpc) is 3.03. The van der Waals surface area contributed by atoms with Crippen molar-refractivity contribution in [2.45, 2.75) is 38.1 Å². The van der Waals surface area contributed by atoms with Gasteiger partial charge in [-0.2, -0.15) is 9.40 Å². The van der Waals surface area contributed by atoms with Gasteiger partial charge in [0.15, 0.2) is 0 Å². The van der Waals surface area contributed by atoms with E-state index in [1.807, 2.05) is 0 Å². The van der Waals surface area contributed by atoms with Crippen LogP contribution in [0.25, 0.3) is 0 Å². The molecule has 1 aliphatic heterocycles. The first kappa shape index (κ1) is 16.4. The molecule has 1 amide bonds. The van der Waals surface area contributed by atoms with E-state index >= 15 is 0 Å². The second kappa shape index (κ2) is 6.60. The van der Waals surface area contributed by atoms with E-state index in [-0.39, 0.29) is 17.7 Å². The zero-order chi connectivity index (χ0) is 16.4. The lowest BCUT2D eigenvalue weighted by Gasteiger charge is -2.24. The molecule has 2 heterocycles. The van der Waals surface area contributed by atoms with Crippen molar-refractivity contribution in [2.24, 2.45) is 13.0 Å². The van der Waals surface area contributed by atoms with E-state index in [0.29, 0.717) is 24.6 Å². The van der Waals surface area contributed by atoms with Crippen molar-refractivity contribution in [3.8, 4) is 0 Å². The molecule has 1 atom stereocenters. The highest BCUT2D eigenvalue weighted by Crippen LogP contribution is 2.33. The van der Waals surface area contributed by atoms with Crippen molar-refractivity contribution in [3.05, 3.63) is 18.0 Å². The standard InChI is InChI=1S/C15H24N4O3S/c1-18-11-13(9-17-18)15(20)16-10-14-3-2-7-19(14)23(21,22)8-6-12-4-5-12/h9,11-12,14H,2-8,10H2,1H3,(H,16,20). The van der Waals surface area contributed by atoms with Crippen molar-refractivity contribution in [3.63, 3.8) is 0 Å². The summed E-state index contributed by atoms with van der Waals surface area (Å²) in [5.74, 6) is 0.640. The van der Waals surface area contributed by atoms with Crippen LogP contribution in [0, 0.1) is 5.92 Å². The minimum absolute atomic E-state index is 0.125. The minimum atomic E-state index is -3.21. The molecule has 0 bridgehead atoms. The molecule has 7 nitrogen and oxygen atoms in total. The Balaban J connectivity index is 1.54. The second-order valence-electron chi connectivity index (χ2n) is 6.57. The van der Waals surface area contributed by atoms with Crippen LogP contribution in [0.4, 0.5) is 0 Å². The number of carbonyl (C=O) groups is 1. The number of sulfonamides is 1. The zero-order valence-electron chi connectivity index (χ0n) is 13.4. The van der Waals surface area contributed by atoms with Gasteiger partial charge < -0.3 is 5.32 Å². The van der Waals surface area contributed by atoms with Gasteiger partial charge in [-0.25, -0.2) is 8.42 Å². The molecule has 23 heavy (non-hydrogen) atoms. The van der Waals surface area contributed by atoms with Gasteiger partial charge in [-0.1, -0.05) is 12.8 Å². The molecule has 1 saturated carbocycles. The largest absolute Gasteiger partial charge is 0.350 e. The molecule has 128 valence electrons. The number of hydrogen-bond acceptors (Lipinski definition) is 4. The average molecular weight is 340 g/mol. The molecule has 0 spiro atoms. The molecule has 1 aliphatic carbocycles. The number of nitrogens with zero attached hydrogens (tertiary/aromatic N) is 3. The summed E-state index contributed by atoms with van der Waals surface area (Å²) < 4.78 is 28.2.